The maximum Gasteiger partial charge on any atom is 0.427 e. The minimum atomic E-state index is -0.573. The minimum Gasteiger partial charge on any atom is -0.449 e. The minimum absolute atomic E-state index is 0.164. The molecule has 0 aromatic heterocycles. The van der Waals surface area contributed by atoms with Crippen molar-refractivity contribution in [3.63, 3.8) is 0 Å². The first-order chi connectivity index (χ1) is 10.1. The largest absolute Gasteiger partial charge is 0.449 e. The van der Waals surface area contributed by atoms with Crippen LogP contribution >= 0.6 is 0 Å². The molecular weight excluding hydrogens is 270 g/mol. The van der Waals surface area contributed by atoms with Crippen LogP contribution in [0.4, 0.5) is 10.5 Å². The summed E-state index contributed by atoms with van der Waals surface area (Å²) in [5, 5.41) is 3.97. The van der Waals surface area contributed by atoms with E-state index in [9.17, 15) is 9.59 Å². The smallest absolute Gasteiger partial charge is 0.427 e. The zero-order chi connectivity index (χ0) is 15.2. The quantitative estimate of drug-likeness (QED) is 0.683. The van der Waals surface area contributed by atoms with E-state index in [1.54, 1.807) is 18.7 Å². The fourth-order valence-corrected chi connectivity index (χ4v) is 2.16. The van der Waals surface area contributed by atoms with Gasteiger partial charge in [0.25, 0.3) is 0 Å². The average molecular weight is 289 g/mol. The third-order valence-corrected chi connectivity index (χ3v) is 3.26. The van der Waals surface area contributed by atoms with E-state index < -0.39 is 6.09 Å². The Balaban J connectivity index is 2.02. The predicted octanol–water partition coefficient (Wildman–Crippen LogP) is 2.28. The van der Waals surface area contributed by atoms with Crippen LogP contribution in [0.1, 0.15) is 32.3 Å². The van der Waals surface area contributed by atoms with Crippen LogP contribution in [0.2, 0.25) is 0 Å². The van der Waals surface area contributed by atoms with E-state index in [-0.39, 0.29) is 5.91 Å². The van der Waals surface area contributed by atoms with E-state index in [1.165, 1.54) is 0 Å². The number of ether oxygens (including phenoxy) is 1. The SMILES string of the molecule is CCOC(=O)N/N=C(/C)c1ccc(N2CCCC2=O)cc1. The van der Waals surface area contributed by atoms with Gasteiger partial charge in [0.2, 0.25) is 5.91 Å². The fraction of sp³-hybridized carbons (Fsp3) is 0.400. The van der Waals surface area contributed by atoms with Crippen molar-refractivity contribution in [2.75, 3.05) is 18.1 Å². The molecule has 1 saturated heterocycles. The van der Waals surface area contributed by atoms with Gasteiger partial charge in [0, 0.05) is 18.7 Å². The molecule has 0 aliphatic carbocycles. The van der Waals surface area contributed by atoms with Gasteiger partial charge >= 0.3 is 6.09 Å². The highest BCUT2D eigenvalue weighted by molar-refractivity contribution is 6.00. The van der Waals surface area contributed by atoms with E-state index in [4.69, 9.17) is 4.74 Å². The molecule has 1 fully saturated rings. The third kappa shape index (κ3) is 3.81. The summed E-state index contributed by atoms with van der Waals surface area (Å²) in [4.78, 5) is 24.6. The van der Waals surface area contributed by atoms with Crippen LogP contribution in [0.15, 0.2) is 29.4 Å². The van der Waals surface area contributed by atoms with Gasteiger partial charge in [0.15, 0.2) is 0 Å². The molecular formula is C15H19N3O3. The second kappa shape index (κ2) is 6.88. The van der Waals surface area contributed by atoms with Crippen molar-refractivity contribution >= 4 is 23.4 Å². The van der Waals surface area contributed by atoms with Crippen molar-refractivity contribution in [2.24, 2.45) is 5.10 Å². The zero-order valence-corrected chi connectivity index (χ0v) is 12.3. The molecule has 2 rings (SSSR count). The van der Waals surface area contributed by atoms with Crippen LogP contribution in [0.3, 0.4) is 0 Å². The maximum atomic E-state index is 11.7. The summed E-state index contributed by atoms with van der Waals surface area (Å²) in [5.74, 6) is 0.164. The normalized spacial score (nSPS) is 15.2. The van der Waals surface area contributed by atoms with Gasteiger partial charge in [-0.25, -0.2) is 10.2 Å². The number of amides is 2. The topological polar surface area (TPSA) is 71.0 Å². The van der Waals surface area contributed by atoms with E-state index in [0.717, 1.165) is 24.2 Å². The molecule has 1 aliphatic heterocycles. The summed E-state index contributed by atoms with van der Waals surface area (Å²) < 4.78 is 4.73. The average Bonchev–Trinajstić information content (AvgIpc) is 2.91. The van der Waals surface area contributed by atoms with Crippen molar-refractivity contribution in [1.29, 1.82) is 0 Å². The molecule has 0 radical (unpaired) electrons. The summed E-state index contributed by atoms with van der Waals surface area (Å²) in [6.07, 6.45) is 0.951. The van der Waals surface area contributed by atoms with E-state index in [2.05, 4.69) is 10.5 Å². The van der Waals surface area contributed by atoms with Gasteiger partial charge in [0.05, 0.1) is 12.3 Å². The first-order valence-electron chi connectivity index (χ1n) is 6.99. The molecule has 2 amide bonds. The number of nitrogens with one attached hydrogen (secondary N) is 1. The van der Waals surface area contributed by atoms with Gasteiger partial charge in [-0.2, -0.15) is 5.10 Å². The Morgan fingerprint density at radius 3 is 2.67 bits per heavy atom. The molecule has 0 spiro atoms. The number of nitrogens with zero attached hydrogens (tertiary/aromatic N) is 2. The summed E-state index contributed by atoms with van der Waals surface area (Å²) in [6, 6.07) is 7.54. The number of hydrazone groups is 1. The molecule has 21 heavy (non-hydrogen) atoms. The molecule has 6 heteroatoms. The molecule has 0 saturated carbocycles. The molecule has 6 nitrogen and oxygen atoms in total. The standard InChI is InChI=1S/C15H19N3O3/c1-3-21-15(20)17-16-11(2)12-6-8-13(9-7-12)18-10-4-5-14(18)19/h6-9H,3-5,10H2,1-2H3,(H,17,20)/b16-11-. The molecule has 0 bridgehead atoms. The number of carbonyl (C=O) groups is 2. The van der Waals surface area contributed by atoms with E-state index in [0.29, 0.717) is 18.7 Å². The summed E-state index contributed by atoms with van der Waals surface area (Å²) in [5.41, 5.74) is 4.76. The zero-order valence-electron chi connectivity index (χ0n) is 12.3. The van der Waals surface area contributed by atoms with Gasteiger partial charge < -0.3 is 9.64 Å². The van der Waals surface area contributed by atoms with Crippen LogP contribution in [0, 0.1) is 0 Å². The van der Waals surface area contributed by atoms with Crippen LogP contribution in [-0.2, 0) is 9.53 Å². The Hall–Kier alpha value is -2.37. The molecule has 112 valence electrons. The number of hydrogen-bond acceptors (Lipinski definition) is 4. The van der Waals surface area contributed by atoms with Gasteiger partial charge in [0.1, 0.15) is 0 Å². The first-order valence-corrected chi connectivity index (χ1v) is 6.99. The molecule has 0 unspecified atom stereocenters. The Morgan fingerprint density at radius 1 is 1.38 bits per heavy atom. The first kappa shape index (κ1) is 15.0. The van der Waals surface area contributed by atoms with Gasteiger partial charge in [-0.1, -0.05) is 12.1 Å². The van der Waals surface area contributed by atoms with Crippen molar-refractivity contribution in [1.82, 2.24) is 5.43 Å². The second-order valence-electron chi connectivity index (χ2n) is 4.73. The lowest BCUT2D eigenvalue weighted by Gasteiger charge is -2.15. The van der Waals surface area contributed by atoms with Crippen LogP contribution in [0.25, 0.3) is 0 Å². The van der Waals surface area contributed by atoms with Gasteiger partial charge in [-0.3, -0.25) is 4.79 Å². The van der Waals surface area contributed by atoms with Crippen molar-refractivity contribution in [3.05, 3.63) is 29.8 Å². The molecule has 0 atom stereocenters. The molecule has 1 aromatic rings. The highest BCUT2D eigenvalue weighted by Gasteiger charge is 2.21. The summed E-state index contributed by atoms with van der Waals surface area (Å²) in [7, 11) is 0. The molecule has 1 heterocycles. The molecule has 1 N–H and O–H groups in total. The Morgan fingerprint density at radius 2 is 2.10 bits per heavy atom. The highest BCUT2D eigenvalue weighted by atomic mass is 16.5. The number of anilines is 1. The maximum absolute atomic E-state index is 11.7. The lowest BCUT2D eigenvalue weighted by molar-refractivity contribution is -0.117. The number of benzene rings is 1. The molecule has 1 aliphatic rings. The molecule has 1 aromatic carbocycles. The third-order valence-electron chi connectivity index (χ3n) is 3.26. The van der Waals surface area contributed by atoms with Crippen molar-refractivity contribution < 1.29 is 14.3 Å². The van der Waals surface area contributed by atoms with E-state index in [1.807, 2.05) is 24.3 Å². The van der Waals surface area contributed by atoms with Gasteiger partial charge in [-0.15, -0.1) is 0 Å². The monoisotopic (exact) mass is 289 g/mol. The summed E-state index contributed by atoms with van der Waals surface area (Å²) in [6.45, 7) is 4.60. The Kier molecular flexibility index (Phi) is 4.92. The van der Waals surface area contributed by atoms with Crippen LogP contribution < -0.4 is 10.3 Å². The predicted molar refractivity (Wildman–Crippen MR) is 80.4 cm³/mol. The number of hydrogen-bond donors (Lipinski definition) is 1. The lowest BCUT2D eigenvalue weighted by Crippen LogP contribution is -2.23. The van der Waals surface area contributed by atoms with E-state index >= 15 is 0 Å². The lowest BCUT2D eigenvalue weighted by atomic mass is 10.1. The van der Waals surface area contributed by atoms with Gasteiger partial charge in [-0.05, 0) is 38.0 Å². The number of carbonyl (C=O) groups excluding carboxylic acids is 2. The number of rotatable bonds is 4. The van der Waals surface area contributed by atoms with Crippen molar-refractivity contribution in [2.45, 2.75) is 26.7 Å². The summed E-state index contributed by atoms with van der Waals surface area (Å²) >= 11 is 0. The second-order valence-corrected chi connectivity index (χ2v) is 4.73. The Bertz CT molecular complexity index is 552. The van der Waals surface area contributed by atoms with Crippen molar-refractivity contribution in [3.8, 4) is 0 Å². The highest BCUT2D eigenvalue weighted by Crippen LogP contribution is 2.21. The Labute approximate surface area is 123 Å². The fourth-order valence-electron chi connectivity index (χ4n) is 2.16. The van der Waals surface area contributed by atoms with Crippen LogP contribution in [0.5, 0.6) is 0 Å². The van der Waals surface area contributed by atoms with Crippen LogP contribution in [-0.4, -0.2) is 30.9 Å².